The third kappa shape index (κ3) is 2.77. The number of rotatable bonds is 4. The summed E-state index contributed by atoms with van der Waals surface area (Å²) >= 11 is 0. The topological polar surface area (TPSA) is 29.9 Å². The Kier molecular flexibility index (Phi) is 3.36. The van der Waals surface area contributed by atoms with Gasteiger partial charge >= 0.3 is 0 Å². The second-order valence-electron chi connectivity index (χ2n) is 2.95. The van der Waals surface area contributed by atoms with E-state index in [1.165, 1.54) is 6.92 Å². The summed E-state index contributed by atoms with van der Waals surface area (Å²) in [7, 11) is 1.78. The molecule has 0 fully saturated rings. The van der Waals surface area contributed by atoms with Crippen LogP contribution in [0.15, 0.2) is 12.3 Å². The van der Waals surface area contributed by atoms with Crippen LogP contribution in [0.25, 0.3) is 0 Å². The fourth-order valence-corrected chi connectivity index (χ4v) is 0.929. The van der Waals surface area contributed by atoms with Crippen molar-refractivity contribution >= 4 is 0 Å². The summed E-state index contributed by atoms with van der Waals surface area (Å²) in [5.41, 5.74) is 0.896. The average molecular weight is 189 g/mol. The highest BCUT2D eigenvalue weighted by Gasteiger charge is 2.13. The molecular formula is C8H13F2N3. The van der Waals surface area contributed by atoms with E-state index in [-0.39, 0.29) is 0 Å². The maximum atomic E-state index is 12.1. The summed E-state index contributed by atoms with van der Waals surface area (Å²) in [6, 6.07) is 1.01. The summed E-state index contributed by atoms with van der Waals surface area (Å²) in [6.07, 6.45) is -0.683. The predicted octanol–water partition coefficient (Wildman–Crippen LogP) is 1.16. The molecule has 0 saturated carbocycles. The fourth-order valence-electron chi connectivity index (χ4n) is 0.929. The van der Waals surface area contributed by atoms with Crippen LogP contribution in [0.2, 0.25) is 0 Å². The molecule has 3 nitrogen and oxygen atoms in total. The number of aryl methyl sites for hydroxylation is 1. The minimum atomic E-state index is -2.33. The summed E-state index contributed by atoms with van der Waals surface area (Å²) in [5, 5.41) is 6.64. The molecule has 0 saturated heterocycles. The summed E-state index contributed by atoms with van der Waals surface area (Å²) in [6.45, 7) is 1.88. The van der Waals surface area contributed by atoms with Gasteiger partial charge in [-0.1, -0.05) is 0 Å². The van der Waals surface area contributed by atoms with Gasteiger partial charge in [-0.15, -0.1) is 0 Å². The first-order valence-corrected chi connectivity index (χ1v) is 4.09. The van der Waals surface area contributed by atoms with Crippen molar-refractivity contribution in [1.82, 2.24) is 15.1 Å². The lowest BCUT2D eigenvalue weighted by molar-refractivity contribution is 0.105. The van der Waals surface area contributed by atoms with Gasteiger partial charge in [0.2, 0.25) is 0 Å². The van der Waals surface area contributed by atoms with Gasteiger partial charge in [0, 0.05) is 19.8 Å². The molecule has 5 heteroatoms. The first kappa shape index (κ1) is 10.1. The Balaban J connectivity index is 2.39. The van der Waals surface area contributed by atoms with Crippen LogP contribution in [0.1, 0.15) is 12.6 Å². The van der Waals surface area contributed by atoms with E-state index in [1.54, 1.807) is 24.0 Å². The number of hydrogen-bond donors (Lipinski definition) is 1. The number of hydrogen-bond acceptors (Lipinski definition) is 2. The van der Waals surface area contributed by atoms with Crippen LogP contribution in [0.5, 0.6) is 0 Å². The zero-order chi connectivity index (χ0) is 9.84. The Morgan fingerprint density at radius 2 is 2.31 bits per heavy atom. The molecule has 1 heterocycles. The number of nitrogens with one attached hydrogen (secondary N) is 1. The second-order valence-corrected chi connectivity index (χ2v) is 2.95. The van der Waals surface area contributed by atoms with Gasteiger partial charge in [-0.25, -0.2) is 8.78 Å². The Morgan fingerprint density at radius 1 is 1.62 bits per heavy atom. The van der Waals surface area contributed by atoms with Crippen LogP contribution in [0.4, 0.5) is 8.78 Å². The van der Waals surface area contributed by atoms with Gasteiger partial charge in [0.25, 0.3) is 6.43 Å². The standard InChI is InChI=1S/C8H13F2N3/c1-6(8(9)10)11-5-7-3-4-12-13(7)2/h3-4,6,8,11H,5H2,1-2H3. The largest absolute Gasteiger partial charge is 0.303 e. The van der Waals surface area contributed by atoms with E-state index in [0.717, 1.165) is 5.69 Å². The van der Waals surface area contributed by atoms with Crippen LogP contribution >= 0.6 is 0 Å². The molecule has 0 amide bonds. The Labute approximate surface area is 75.7 Å². The smallest absolute Gasteiger partial charge is 0.253 e. The molecule has 1 aromatic heterocycles. The Morgan fingerprint density at radius 3 is 2.77 bits per heavy atom. The highest BCUT2D eigenvalue weighted by molar-refractivity contribution is 4.99. The number of aromatic nitrogens is 2. The Bertz CT molecular complexity index is 260. The minimum Gasteiger partial charge on any atom is -0.303 e. The van der Waals surface area contributed by atoms with Crippen LogP contribution in [-0.4, -0.2) is 22.2 Å². The predicted molar refractivity (Wildman–Crippen MR) is 45.5 cm³/mol. The van der Waals surface area contributed by atoms with E-state index < -0.39 is 12.5 Å². The molecule has 0 bridgehead atoms. The molecule has 13 heavy (non-hydrogen) atoms. The van der Waals surface area contributed by atoms with E-state index >= 15 is 0 Å². The van der Waals surface area contributed by atoms with Gasteiger partial charge < -0.3 is 5.32 Å². The molecule has 1 rings (SSSR count). The molecular weight excluding hydrogens is 176 g/mol. The van der Waals surface area contributed by atoms with E-state index in [2.05, 4.69) is 10.4 Å². The van der Waals surface area contributed by atoms with E-state index in [0.29, 0.717) is 6.54 Å². The minimum absolute atomic E-state index is 0.419. The second kappa shape index (κ2) is 4.32. The van der Waals surface area contributed by atoms with Gasteiger partial charge in [0.15, 0.2) is 0 Å². The van der Waals surface area contributed by atoms with Crippen molar-refractivity contribution in [2.75, 3.05) is 0 Å². The summed E-state index contributed by atoms with van der Waals surface area (Å²) < 4.78 is 25.8. The van der Waals surface area contributed by atoms with Crippen LogP contribution in [0, 0.1) is 0 Å². The molecule has 0 aliphatic carbocycles. The molecule has 74 valence electrons. The highest BCUT2D eigenvalue weighted by atomic mass is 19.3. The molecule has 0 spiro atoms. The van der Waals surface area contributed by atoms with E-state index in [9.17, 15) is 8.78 Å². The van der Waals surface area contributed by atoms with E-state index in [1.807, 2.05) is 0 Å². The third-order valence-corrected chi connectivity index (χ3v) is 1.91. The van der Waals surface area contributed by atoms with Gasteiger partial charge in [-0.3, -0.25) is 4.68 Å². The molecule has 0 aliphatic heterocycles. The number of nitrogens with zero attached hydrogens (tertiary/aromatic N) is 2. The molecule has 0 aromatic carbocycles. The first-order valence-electron chi connectivity index (χ1n) is 4.09. The molecule has 1 unspecified atom stereocenters. The first-order chi connectivity index (χ1) is 6.11. The third-order valence-electron chi connectivity index (χ3n) is 1.91. The molecule has 1 N–H and O–H groups in total. The van der Waals surface area contributed by atoms with E-state index in [4.69, 9.17) is 0 Å². The lowest BCUT2D eigenvalue weighted by atomic mass is 10.3. The van der Waals surface area contributed by atoms with Crippen LogP contribution in [-0.2, 0) is 13.6 Å². The van der Waals surface area contributed by atoms with Gasteiger partial charge in [-0.05, 0) is 13.0 Å². The van der Waals surface area contributed by atoms with Crippen LogP contribution < -0.4 is 5.32 Å². The normalized spacial score (nSPS) is 13.6. The molecule has 0 radical (unpaired) electrons. The summed E-state index contributed by atoms with van der Waals surface area (Å²) in [5.74, 6) is 0. The quantitative estimate of drug-likeness (QED) is 0.770. The van der Waals surface area contributed by atoms with Crippen molar-refractivity contribution in [1.29, 1.82) is 0 Å². The summed E-state index contributed by atoms with van der Waals surface area (Å²) in [4.78, 5) is 0. The van der Waals surface area contributed by atoms with Crippen molar-refractivity contribution in [2.24, 2.45) is 7.05 Å². The zero-order valence-corrected chi connectivity index (χ0v) is 7.67. The molecule has 0 aliphatic rings. The van der Waals surface area contributed by atoms with Gasteiger partial charge in [-0.2, -0.15) is 5.10 Å². The van der Waals surface area contributed by atoms with Crippen molar-refractivity contribution in [3.63, 3.8) is 0 Å². The Hall–Kier alpha value is -0.970. The maximum Gasteiger partial charge on any atom is 0.253 e. The highest BCUT2D eigenvalue weighted by Crippen LogP contribution is 2.01. The zero-order valence-electron chi connectivity index (χ0n) is 7.67. The lowest BCUT2D eigenvalue weighted by Crippen LogP contribution is -2.32. The van der Waals surface area contributed by atoms with Crippen molar-refractivity contribution in [2.45, 2.75) is 25.9 Å². The lowest BCUT2D eigenvalue weighted by Gasteiger charge is -2.12. The molecule has 1 atom stereocenters. The monoisotopic (exact) mass is 189 g/mol. The van der Waals surface area contributed by atoms with Gasteiger partial charge in [0.1, 0.15) is 0 Å². The van der Waals surface area contributed by atoms with Crippen molar-refractivity contribution in [3.8, 4) is 0 Å². The van der Waals surface area contributed by atoms with Crippen molar-refractivity contribution in [3.05, 3.63) is 18.0 Å². The van der Waals surface area contributed by atoms with Gasteiger partial charge in [0.05, 0.1) is 11.7 Å². The fraction of sp³-hybridized carbons (Fsp3) is 0.625. The maximum absolute atomic E-state index is 12.1. The number of alkyl halides is 2. The average Bonchev–Trinajstić information content (AvgIpc) is 2.47. The SMILES string of the molecule is CC(NCc1ccnn1C)C(F)F. The number of halogens is 2. The van der Waals surface area contributed by atoms with Crippen molar-refractivity contribution < 1.29 is 8.78 Å². The van der Waals surface area contributed by atoms with Crippen LogP contribution in [0.3, 0.4) is 0 Å². The molecule has 1 aromatic rings.